The number of amides is 1. The lowest BCUT2D eigenvalue weighted by molar-refractivity contribution is -0.400. The van der Waals surface area contributed by atoms with Crippen LogP contribution in [0.2, 0.25) is 0 Å². The summed E-state index contributed by atoms with van der Waals surface area (Å²) in [5.74, 6) is -0.0392. The first kappa shape index (κ1) is 19.8. The Hall–Kier alpha value is -1.82. The van der Waals surface area contributed by atoms with Crippen LogP contribution in [0, 0.1) is 28.1 Å². The van der Waals surface area contributed by atoms with Gasteiger partial charge in [0, 0.05) is 36.0 Å². The SMILES string of the molecule is CC1(C)CN(C(=O)C23CC4/C(=C/C(F)(F)F)C5CC(c6ccccc6)(C2)C453)CC[C@@H]1N. The molecule has 0 radical (unpaired) electrons. The van der Waals surface area contributed by atoms with Gasteiger partial charge in [0.05, 0.1) is 5.41 Å². The molecule has 2 N–H and O–H groups in total. The quantitative estimate of drug-likeness (QED) is 0.706. The fourth-order valence-electron chi connectivity index (χ4n) is 8.68. The molecule has 31 heavy (non-hydrogen) atoms. The number of piperidine rings is 1. The predicted molar refractivity (Wildman–Crippen MR) is 111 cm³/mol. The molecule has 5 unspecified atom stereocenters. The van der Waals surface area contributed by atoms with Crippen molar-refractivity contribution in [2.75, 3.05) is 13.1 Å². The standard InChI is InChI=1S/C25H29F3N2O/c1-21(2)14-30(9-8-19(21)29)20(31)23-12-18-16(10-24(26,27)28)17-11-22(13-23,25(17,18)23)15-6-4-3-5-7-15/h3-7,10,17-19H,8-9,11-14,29H2,1-2H3/b16-10+/t17?,18?,19-,22?,23?,25?/m0/s1. The minimum absolute atomic E-state index is 0.0626. The molecule has 4 saturated carbocycles. The number of halogens is 3. The van der Waals surface area contributed by atoms with Gasteiger partial charge >= 0.3 is 6.18 Å². The van der Waals surface area contributed by atoms with E-state index in [-0.39, 0.29) is 40.0 Å². The molecule has 1 aliphatic heterocycles. The molecule has 3 nitrogen and oxygen atoms in total. The Morgan fingerprint density at radius 1 is 1.16 bits per heavy atom. The Bertz CT molecular complexity index is 992. The highest BCUT2D eigenvalue weighted by Crippen LogP contribution is 2.98. The zero-order valence-corrected chi connectivity index (χ0v) is 18.0. The largest absolute Gasteiger partial charge is 0.409 e. The zero-order chi connectivity index (χ0) is 22.0. The van der Waals surface area contributed by atoms with Crippen molar-refractivity contribution < 1.29 is 18.0 Å². The van der Waals surface area contributed by atoms with Crippen LogP contribution in [0.5, 0.6) is 0 Å². The number of alkyl halides is 3. The molecule has 166 valence electrons. The predicted octanol–water partition coefficient (Wildman–Crippen LogP) is 4.43. The van der Waals surface area contributed by atoms with Crippen molar-refractivity contribution in [3.05, 3.63) is 47.5 Å². The van der Waals surface area contributed by atoms with Gasteiger partial charge in [0.1, 0.15) is 0 Å². The average molecular weight is 431 g/mol. The third-order valence-electron chi connectivity index (χ3n) is 9.86. The lowest BCUT2D eigenvalue weighted by atomic mass is 9.06. The Morgan fingerprint density at radius 3 is 2.45 bits per heavy atom. The molecule has 1 heterocycles. The molecule has 5 aliphatic rings. The van der Waals surface area contributed by atoms with E-state index in [9.17, 15) is 18.0 Å². The highest BCUT2D eigenvalue weighted by atomic mass is 19.4. The summed E-state index contributed by atoms with van der Waals surface area (Å²) in [5.41, 5.74) is 6.95. The summed E-state index contributed by atoms with van der Waals surface area (Å²) in [7, 11) is 0. The first-order valence-corrected chi connectivity index (χ1v) is 11.4. The molecule has 5 fully saturated rings. The number of carbonyl (C=O) groups is 1. The number of benzene rings is 1. The van der Waals surface area contributed by atoms with Crippen molar-refractivity contribution >= 4 is 5.91 Å². The molecule has 0 aromatic heterocycles. The molecule has 1 spiro atoms. The number of nitrogens with two attached hydrogens (primary N) is 1. The molecule has 1 aromatic rings. The maximum absolute atomic E-state index is 13.9. The molecule has 4 aliphatic carbocycles. The van der Waals surface area contributed by atoms with Crippen molar-refractivity contribution in [1.82, 2.24) is 4.90 Å². The number of allylic oxidation sites excluding steroid dienone is 2. The number of rotatable bonds is 2. The molecule has 1 amide bonds. The second kappa shape index (κ2) is 5.56. The van der Waals surface area contributed by atoms with Crippen LogP contribution >= 0.6 is 0 Å². The van der Waals surface area contributed by atoms with Crippen molar-refractivity contribution in [3.8, 4) is 0 Å². The number of likely N-dealkylation sites (tertiary alicyclic amines) is 1. The highest BCUT2D eigenvalue weighted by Gasteiger charge is 2.97. The second-order valence-electron chi connectivity index (χ2n) is 11.4. The molecule has 0 bridgehead atoms. The molecule has 1 aromatic carbocycles. The van der Waals surface area contributed by atoms with E-state index in [1.165, 1.54) is 5.56 Å². The topological polar surface area (TPSA) is 46.3 Å². The van der Waals surface area contributed by atoms with Crippen LogP contribution < -0.4 is 5.73 Å². The summed E-state index contributed by atoms with van der Waals surface area (Å²) in [6, 6.07) is 10.2. The lowest BCUT2D eigenvalue weighted by Crippen LogP contribution is -2.95. The van der Waals surface area contributed by atoms with Crippen LogP contribution in [-0.4, -0.2) is 36.1 Å². The Morgan fingerprint density at radius 2 is 1.84 bits per heavy atom. The van der Waals surface area contributed by atoms with Crippen molar-refractivity contribution in [2.24, 2.45) is 33.8 Å². The van der Waals surface area contributed by atoms with E-state index in [0.29, 0.717) is 31.2 Å². The van der Waals surface area contributed by atoms with Crippen LogP contribution in [0.3, 0.4) is 0 Å². The van der Waals surface area contributed by atoms with E-state index in [1.807, 2.05) is 23.1 Å². The van der Waals surface area contributed by atoms with Gasteiger partial charge < -0.3 is 10.6 Å². The van der Waals surface area contributed by atoms with Gasteiger partial charge in [-0.05, 0) is 48.5 Å². The number of hydrogen-bond donors (Lipinski definition) is 1. The lowest BCUT2D eigenvalue weighted by Gasteiger charge is -2.95. The van der Waals surface area contributed by atoms with Gasteiger partial charge in [-0.2, -0.15) is 13.2 Å². The Labute approximate surface area is 180 Å². The normalized spacial score (nSPS) is 45.4. The number of carbonyl (C=O) groups excluding carboxylic acids is 1. The Balaban J connectivity index is 1.37. The van der Waals surface area contributed by atoms with Gasteiger partial charge in [0.25, 0.3) is 0 Å². The summed E-state index contributed by atoms with van der Waals surface area (Å²) in [5, 5.41) is 0. The fourth-order valence-corrected chi connectivity index (χ4v) is 8.68. The fraction of sp³-hybridized carbons (Fsp3) is 0.640. The first-order valence-electron chi connectivity index (χ1n) is 11.4. The van der Waals surface area contributed by atoms with E-state index in [4.69, 9.17) is 5.73 Å². The van der Waals surface area contributed by atoms with Gasteiger partial charge in [-0.15, -0.1) is 0 Å². The van der Waals surface area contributed by atoms with Gasteiger partial charge in [-0.1, -0.05) is 49.8 Å². The molecule has 1 saturated heterocycles. The van der Waals surface area contributed by atoms with Crippen molar-refractivity contribution in [1.29, 1.82) is 0 Å². The van der Waals surface area contributed by atoms with Crippen molar-refractivity contribution in [2.45, 2.75) is 57.2 Å². The maximum Gasteiger partial charge on any atom is 0.409 e. The van der Waals surface area contributed by atoms with Crippen LogP contribution in [0.1, 0.15) is 45.1 Å². The summed E-state index contributed by atoms with van der Waals surface area (Å²) >= 11 is 0. The molecule has 6 atom stereocenters. The minimum Gasteiger partial charge on any atom is -0.342 e. The third kappa shape index (κ3) is 2.05. The summed E-state index contributed by atoms with van der Waals surface area (Å²) in [6.45, 7) is 5.49. The van der Waals surface area contributed by atoms with Crippen LogP contribution in [0.15, 0.2) is 42.0 Å². The van der Waals surface area contributed by atoms with Crippen LogP contribution in [0.25, 0.3) is 0 Å². The van der Waals surface area contributed by atoms with Crippen LogP contribution in [-0.2, 0) is 10.2 Å². The molecule has 6 rings (SSSR count). The third-order valence-corrected chi connectivity index (χ3v) is 9.86. The van der Waals surface area contributed by atoms with E-state index < -0.39 is 11.6 Å². The molecule has 6 heteroatoms. The monoisotopic (exact) mass is 430 g/mol. The van der Waals surface area contributed by atoms with E-state index >= 15 is 0 Å². The Kier molecular flexibility index (Phi) is 3.56. The second-order valence-corrected chi connectivity index (χ2v) is 11.4. The summed E-state index contributed by atoms with van der Waals surface area (Å²) in [6.07, 6.45) is -0.891. The van der Waals surface area contributed by atoms with E-state index in [0.717, 1.165) is 19.3 Å². The first-order chi connectivity index (χ1) is 14.5. The number of nitrogens with zero attached hydrogens (tertiary/aromatic N) is 1. The highest BCUT2D eigenvalue weighted by molar-refractivity contribution is 5.91. The van der Waals surface area contributed by atoms with Gasteiger partial charge in [0.15, 0.2) is 0 Å². The van der Waals surface area contributed by atoms with Gasteiger partial charge in [-0.3, -0.25) is 4.79 Å². The number of hydrogen-bond acceptors (Lipinski definition) is 2. The summed E-state index contributed by atoms with van der Waals surface area (Å²) < 4.78 is 39.6. The van der Waals surface area contributed by atoms with Gasteiger partial charge in [0.2, 0.25) is 5.91 Å². The summed E-state index contributed by atoms with van der Waals surface area (Å²) in [4.78, 5) is 15.9. The maximum atomic E-state index is 13.9. The van der Waals surface area contributed by atoms with E-state index in [2.05, 4.69) is 26.0 Å². The van der Waals surface area contributed by atoms with Gasteiger partial charge in [-0.25, -0.2) is 0 Å². The molecular weight excluding hydrogens is 401 g/mol. The smallest absolute Gasteiger partial charge is 0.342 e. The zero-order valence-electron chi connectivity index (χ0n) is 18.0. The molecular formula is C25H29F3N2O. The minimum atomic E-state index is -4.29. The average Bonchev–Trinajstić information content (AvgIpc) is 2.65. The van der Waals surface area contributed by atoms with Crippen molar-refractivity contribution in [3.63, 3.8) is 0 Å². The van der Waals surface area contributed by atoms with E-state index in [1.54, 1.807) is 0 Å². The van der Waals surface area contributed by atoms with Crippen LogP contribution in [0.4, 0.5) is 13.2 Å².